The molecule has 1 aliphatic heterocycles. The quantitative estimate of drug-likeness (QED) is 0.311. The van der Waals surface area contributed by atoms with Crippen LogP contribution < -0.4 is 0 Å². The van der Waals surface area contributed by atoms with Crippen LogP contribution in [0.2, 0.25) is 0 Å². The predicted octanol–water partition coefficient (Wildman–Crippen LogP) is 2.71. The van der Waals surface area contributed by atoms with Gasteiger partial charge in [0.05, 0.1) is 18.7 Å². The molecule has 1 amide bonds. The number of carbonyl (C=O) groups is 3. The minimum absolute atomic E-state index is 0.0132. The minimum Gasteiger partial charge on any atom is -0.507 e. The van der Waals surface area contributed by atoms with Crippen LogP contribution in [0.1, 0.15) is 44.5 Å². The first-order chi connectivity index (χ1) is 15.1. The first-order valence-corrected chi connectivity index (χ1v) is 10.4. The van der Waals surface area contributed by atoms with E-state index in [-0.39, 0.29) is 17.0 Å². The van der Waals surface area contributed by atoms with Crippen LogP contribution in [-0.2, 0) is 14.3 Å². The maximum absolute atomic E-state index is 13.1. The lowest BCUT2D eigenvalue weighted by atomic mass is 9.93. The predicted molar refractivity (Wildman–Crippen MR) is 120 cm³/mol. The zero-order valence-electron chi connectivity index (χ0n) is 19.3. The van der Waals surface area contributed by atoms with Gasteiger partial charge < -0.3 is 24.6 Å². The molecule has 0 aliphatic carbocycles. The highest BCUT2D eigenvalue weighted by Gasteiger charge is 2.46. The number of rotatable bonds is 6. The second-order valence-electron chi connectivity index (χ2n) is 8.32. The number of hydrogen-bond acceptors (Lipinski definition) is 6. The fourth-order valence-electron chi connectivity index (χ4n) is 4.06. The Kier molecular flexibility index (Phi) is 6.55. The number of Topliss-reactive ketones (excluding diaryl/α,β-unsaturated/α-hetero) is 1. The number of methoxy groups -OCH3 is 1. The molecule has 2 aromatic rings. The zero-order chi connectivity index (χ0) is 23.7. The molecule has 2 heterocycles. The molecule has 170 valence electrons. The molecule has 0 saturated carbocycles. The van der Waals surface area contributed by atoms with Crippen LogP contribution >= 0.6 is 0 Å². The van der Waals surface area contributed by atoms with E-state index in [0.717, 1.165) is 11.1 Å². The van der Waals surface area contributed by atoms with Crippen LogP contribution in [0.3, 0.4) is 0 Å². The smallest absolute Gasteiger partial charge is 0.354 e. The Balaban J connectivity index is 2.21. The lowest BCUT2D eigenvalue weighted by Gasteiger charge is -2.26. The Labute approximate surface area is 187 Å². The molecule has 1 aliphatic rings. The SMILES string of the molecule is COC(=O)c1[nH]c(C)c(C(O)=C2C(=O)C(=O)N(CCN(C)C)[C@H]2c2ccc(C)cc2)c1C. The highest BCUT2D eigenvalue weighted by Crippen LogP contribution is 2.40. The van der Waals surface area contributed by atoms with E-state index in [9.17, 15) is 19.5 Å². The van der Waals surface area contributed by atoms with Gasteiger partial charge in [0, 0.05) is 24.3 Å². The Bertz CT molecular complexity index is 1100. The number of esters is 1. The third kappa shape index (κ3) is 4.05. The van der Waals surface area contributed by atoms with Crippen molar-refractivity contribution in [3.63, 3.8) is 0 Å². The van der Waals surface area contributed by atoms with Crippen molar-refractivity contribution in [2.45, 2.75) is 26.8 Å². The molecule has 2 N–H and O–H groups in total. The van der Waals surface area contributed by atoms with Crippen molar-refractivity contribution in [1.29, 1.82) is 0 Å². The van der Waals surface area contributed by atoms with Crippen LogP contribution in [0.25, 0.3) is 5.76 Å². The molecule has 8 heteroatoms. The molecule has 1 saturated heterocycles. The number of aliphatic hydroxyl groups is 1. The summed E-state index contributed by atoms with van der Waals surface area (Å²) in [6.07, 6.45) is 0. The van der Waals surface area contributed by atoms with Crippen molar-refractivity contribution < 1.29 is 24.2 Å². The van der Waals surface area contributed by atoms with Crippen molar-refractivity contribution in [3.05, 3.63) is 63.5 Å². The van der Waals surface area contributed by atoms with Crippen LogP contribution in [0.4, 0.5) is 0 Å². The maximum Gasteiger partial charge on any atom is 0.354 e. The number of ether oxygens (including phenoxy) is 1. The molecular formula is C24H29N3O5. The van der Waals surface area contributed by atoms with E-state index in [0.29, 0.717) is 29.9 Å². The Morgan fingerprint density at radius 3 is 2.34 bits per heavy atom. The average Bonchev–Trinajstić information content (AvgIpc) is 3.18. The number of aromatic amines is 1. The Morgan fingerprint density at radius 2 is 1.78 bits per heavy atom. The van der Waals surface area contributed by atoms with Gasteiger partial charge in [-0.3, -0.25) is 9.59 Å². The van der Waals surface area contributed by atoms with Gasteiger partial charge in [-0.2, -0.15) is 0 Å². The van der Waals surface area contributed by atoms with Crippen molar-refractivity contribution in [2.24, 2.45) is 0 Å². The number of likely N-dealkylation sites (tertiary alicyclic amines) is 1. The van der Waals surface area contributed by atoms with E-state index < -0.39 is 23.7 Å². The summed E-state index contributed by atoms with van der Waals surface area (Å²) in [5.41, 5.74) is 3.26. The molecule has 32 heavy (non-hydrogen) atoms. The third-order valence-electron chi connectivity index (χ3n) is 5.78. The summed E-state index contributed by atoms with van der Waals surface area (Å²) in [5, 5.41) is 11.3. The van der Waals surface area contributed by atoms with Gasteiger partial charge in [-0.25, -0.2) is 4.79 Å². The number of ketones is 1. The molecule has 0 spiro atoms. The van der Waals surface area contributed by atoms with Gasteiger partial charge in [-0.15, -0.1) is 0 Å². The number of aliphatic hydroxyl groups excluding tert-OH is 1. The number of benzene rings is 1. The summed E-state index contributed by atoms with van der Waals surface area (Å²) in [4.78, 5) is 44.5. The number of amides is 1. The number of nitrogens with zero attached hydrogens (tertiary/aromatic N) is 2. The topological polar surface area (TPSA) is 103 Å². The maximum atomic E-state index is 13.1. The molecule has 0 radical (unpaired) electrons. The second kappa shape index (κ2) is 9.00. The molecule has 1 aromatic carbocycles. The van der Waals surface area contributed by atoms with Crippen LogP contribution in [-0.4, -0.2) is 71.8 Å². The van der Waals surface area contributed by atoms with E-state index >= 15 is 0 Å². The highest BCUT2D eigenvalue weighted by atomic mass is 16.5. The average molecular weight is 440 g/mol. The van der Waals surface area contributed by atoms with Crippen LogP contribution in [0, 0.1) is 20.8 Å². The number of H-pyrrole nitrogens is 1. The zero-order valence-corrected chi connectivity index (χ0v) is 19.3. The first-order valence-electron chi connectivity index (χ1n) is 10.4. The number of aromatic nitrogens is 1. The first kappa shape index (κ1) is 23.3. The summed E-state index contributed by atoms with van der Waals surface area (Å²) in [6, 6.07) is 6.80. The molecular weight excluding hydrogens is 410 g/mol. The van der Waals surface area contributed by atoms with Crippen molar-refractivity contribution in [3.8, 4) is 0 Å². The van der Waals surface area contributed by atoms with Gasteiger partial charge in [0.25, 0.3) is 11.7 Å². The highest BCUT2D eigenvalue weighted by molar-refractivity contribution is 6.46. The van der Waals surface area contributed by atoms with Gasteiger partial charge in [-0.05, 0) is 46.0 Å². The molecule has 0 bridgehead atoms. The van der Waals surface area contributed by atoms with Crippen LogP contribution in [0.5, 0.6) is 0 Å². The Hall–Kier alpha value is -3.39. The van der Waals surface area contributed by atoms with Gasteiger partial charge in [0.15, 0.2) is 0 Å². The standard InChI is InChI=1S/C24H29N3O5/c1-13-7-9-16(10-8-13)20-18(22(29)23(30)27(20)12-11-26(4)5)21(28)17-14(2)19(24(31)32-6)25-15(17)3/h7-10,20,25,28H,11-12H2,1-6H3/t20-/m0/s1. The van der Waals surface area contributed by atoms with Crippen molar-refractivity contribution >= 4 is 23.4 Å². The Morgan fingerprint density at radius 1 is 1.16 bits per heavy atom. The lowest BCUT2D eigenvalue weighted by Crippen LogP contribution is -2.35. The van der Waals surface area contributed by atoms with Gasteiger partial charge in [0.1, 0.15) is 11.5 Å². The van der Waals surface area contributed by atoms with Crippen LogP contribution in [0.15, 0.2) is 29.8 Å². The molecule has 1 aromatic heterocycles. The second-order valence-corrected chi connectivity index (χ2v) is 8.32. The van der Waals surface area contributed by atoms with Gasteiger partial charge >= 0.3 is 5.97 Å². The summed E-state index contributed by atoms with van der Waals surface area (Å²) >= 11 is 0. The fourth-order valence-corrected chi connectivity index (χ4v) is 4.06. The molecule has 8 nitrogen and oxygen atoms in total. The lowest BCUT2D eigenvalue weighted by molar-refractivity contribution is -0.140. The monoisotopic (exact) mass is 439 g/mol. The van der Waals surface area contributed by atoms with Crippen molar-refractivity contribution in [2.75, 3.05) is 34.3 Å². The molecule has 1 fully saturated rings. The number of aryl methyl sites for hydroxylation is 2. The van der Waals surface area contributed by atoms with E-state index in [1.807, 2.05) is 50.2 Å². The van der Waals surface area contributed by atoms with Gasteiger partial charge in [-0.1, -0.05) is 29.8 Å². The number of carbonyl (C=O) groups excluding carboxylic acids is 3. The minimum atomic E-state index is -0.744. The largest absolute Gasteiger partial charge is 0.507 e. The third-order valence-corrected chi connectivity index (χ3v) is 5.78. The molecule has 1 atom stereocenters. The summed E-state index contributed by atoms with van der Waals surface area (Å²) in [6.45, 7) is 6.19. The van der Waals surface area contributed by atoms with E-state index in [4.69, 9.17) is 4.74 Å². The van der Waals surface area contributed by atoms with E-state index in [2.05, 4.69) is 4.98 Å². The van der Waals surface area contributed by atoms with Crippen molar-refractivity contribution in [1.82, 2.24) is 14.8 Å². The summed E-state index contributed by atoms with van der Waals surface area (Å²) < 4.78 is 4.80. The van der Waals surface area contributed by atoms with E-state index in [1.54, 1.807) is 13.8 Å². The van der Waals surface area contributed by atoms with E-state index in [1.165, 1.54) is 12.0 Å². The molecule has 0 unspecified atom stereocenters. The number of hydrogen-bond donors (Lipinski definition) is 2. The number of likely N-dealkylation sites (N-methyl/N-ethyl adjacent to an activating group) is 1. The molecule has 3 rings (SSSR count). The fraction of sp³-hybridized carbons (Fsp3) is 0.375. The summed E-state index contributed by atoms with van der Waals surface area (Å²) in [7, 11) is 5.04. The van der Waals surface area contributed by atoms with Gasteiger partial charge in [0.2, 0.25) is 0 Å². The normalized spacial score (nSPS) is 18.0. The summed E-state index contributed by atoms with van der Waals surface area (Å²) in [5.74, 6) is -2.28. The number of nitrogens with one attached hydrogen (secondary N) is 1.